The zero-order valence-electron chi connectivity index (χ0n) is 8.98. The Bertz CT molecular complexity index is 622. The van der Waals surface area contributed by atoms with Crippen molar-refractivity contribution < 1.29 is 4.57 Å². The molecule has 0 fully saturated rings. The van der Waals surface area contributed by atoms with Gasteiger partial charge in [-0.2, -0.15) is 0 Å². The minimum absolute atomic E-state index is 0.682. The van der Waals surface area contributed by atoms with Crippen LogP contribution in [0.3, 0.4) is 0 Å². The lowest BCUT2D eigenvalue weighted by Gasteiger charge is -1.97. The van der Waals surface area contributed by atoms with E-state index < -0.39 is 0 Å². The van der Waals surface area contributed by atoms with Crippen LogP contribution >= 0.6 is 0 Å². The van der Waals surface area contributed by atoms with Gasteiger partial charge in [0.05, 0.1) is 12.6 Å². The standard InChI is InChI=1S/C11H12N5/c1-14-6-7-15(8-14)9-16-11-5-3-2-4-10(11)12-13-16/h2-8H,9H2,1H3/q+1. The second-order valence-electron chi connectivity index (χ2n) is 3.81. The summed E-state index contributed by atoms with van der Waals surface area (Å²) in [6.07, 6.45) is 6.02. The third-order valence-corrected chi connectivity index (χ3v) is 2.54. The summed E-state index contributed by atoms with van der Waals surface area (Å²) in [6.45, 7) is 0.682. The summed E-state index contributed by atoms with van der Waals surface area (Å²) in [5.74, 6) is 0. The molecule has 80 valence electrons. The molecule has 0 aliphatic heterocycles. The quantitative estimate of drug-likeness (QED) is 0.585. The van der Waals surface area contributed by atoms with Crippen LogP contribution < -0.4 is 4.57 Å². The lowest BCUT2D eigenvalue weighted by Crippen LogP contribution is -2.24. The highest BCUT2D eigenvalue weighted by Gasteiger charge is 2.06. The minimum atomic E-state index is 0.682. The van der Waals surface area contributed by atoms with Gasteiger partial charge in [-0.25, -0.2) is 13.8 Å². The first-order valence-electron chi connectivity index (χ1n) is 5.12. The van der Waals surface area contributed by atoms with Crippen LogP contribution in [0.5, 0.6) is 0 Å². The van der Waals surface area contributed by atoms with Gasteiger partial charge in [-0.3, -0.25) is 0 Å². The second kappa shape index (κ2) is 3.44. The summed E-state index contributed by atoms with van der Waals surface area (Å²) in [5, 5.41) is 8.25. The molecule has 0 bridgehead atoms. The predicted molar refractivity (Wildman–Crippen MR) is 58.5 cm³/mol. The third-order valence-electron chi connectivity index (χ3n) is 2.54. The van der Waals surface area contributed by atoms with Crippen molar-refractivity contribution in [1.29, 1.82) is 0 Å². The zero-order chi connectivity index (χ0) is 11.0. The van der Waals surface area contributed by atoms with Crippen LogP contribution in [-0.2, 0) is 13.7 Å². The molecule has 0 atom stereocenters. The molecule has 0 unspecified atom stereocenters. The Morgan fingerprint density at radius 3 is 3.00 bits per heavy atom. The molecule has 0 amide bonds. The fourth-order valence-electron chi connectivity index (χ4n) is 1.76. The Kier molecular flexibility index (Phi) is 1.96. The van der Waals surface area contributed by atoms with E-state index in [0.717, 1.165) is 11.0 Å². The number of para-hydroxylation sites is 1. The number of fused-ring (bicyclic) bond motifs is 1. The van der Waals surface area contributed by atoms with Crippen LogP contribution in [-0.4, -0.2) is 19.6 Å². The summed E-state index contributed by atoms with van der Waals surface area (Å²) in [4.78, 5) is 0. The van der Waals surface area contributed by atoms with Crippen LogP contribution in [0, 0.1) is 0 Å². The van der Waals surface area contributed by atoms with Gasteiger partial charge >= 0.3 is 0 Å². The molecule has 3 aromatic rings. The monoisotopic (exact) mass is 214 g/mol. The zero-order valence-corrected chi connectivity index (χ0v) is 8.98. The van der Waals surface area contributed by atoms with E-state index >= 15 is 0 Å². The molecule has 0 aliphatic rings. The molecule has 0 radical (unpaired) electrons. The van der Waals surface area contributed by atoms with Gasteiger partial charge < -0.3 is 0 Å². The fourth-order valence-corrected chi connectivity index (χ4v) is 1.76. The number of rotatable bonds is 2. The Hall–Kier alpha value is -2.17. The van der Waals surface area contributed by atoms with Crippen molar-refractivity contribution in [1.82, 2.24) is 19.6 Å². The molecule has 0 saturated heterocycles. The Balaban J connectivity index is 2.00. The van der Waals surface area contributed by atoms with E-state index in [9.17, 15) is 0 Å². The average Bonchev–Trinajstić information content (AvgIpc) is 2.87. The maximum absolute atomic E-state index is 4.14. The third kappa shape index (κ3) is 1.46. The average molecular weight is 214 g/mol. The highest BCUT2D eigenvalue weighted by atomic mass is 15.5. The van der Waals surface area contributed by atoms with Gasteiger partial charge in [0.15, 0.2) is 6.67 Å². The molecule has 2 aromatic heterocycles. The van der Waals surface area contributed by atoms with E-state index in [-0.39, 0.29) is 0 Å². The normalized spacial score (nSPS) is 11.1. The van der Waals surface area contributed by atoms with Crippen LogP contribution in [0.25, 0.3) is 11.0 Å². The number of aryl methyl sites for hydroxylation is 1. The minimum Gasteiger partial charge on any atom is -0.239 e. The van der Waals surface area contributed by atoms with Gasteiger partial charge in [-0.15, -0.1) is 5.10 Å². The van der Waals surface area contributed by atoms with Crippen molar-refractivity contribution in [2.24, 2.45) is 7.05 Å². The van der Waals surface area contributed by atoms with Gasteiger partial charge in [0, 0.05) is 0 Å². The molecule has 0 saturated carbocycles. The van der Waals surface area contributed by atoms with E-state index in [0.29, 0.717) is 6.67 Å². The number of benzene rings is 1. The van der Waals surface area contributed by atoms with E-state index in [1.165, 1.54) is 0 Å². The Morgan fingerprint density at radius 1 is 1.31 bits per heavy atom. The molecule has 0 aliphatic carbocycles. The van der Waals surface area contributed by atoms with E-state index in [4.69, 9.17) is 0 Å². The predicted octanol–water partition coefficient (Wildman–Crippen LogP) is 0.563. The second-order valence-corrected chi connectivity index (χ2v) is 3.81. The van der Waals surface area contributed by atoms with Crippen LogP contribution in [0.2, 0.25) is 0 Å². The fraction of sp³-hybridized carbons (Fsp3) is 0.182. The van der Waals surface area contributed by atoms with Crippen LogP contribution in [0.4, 0.5) is 0 Å². The van der Waals surface area contributed by atoms with E-state index in [2.05, 4.69) is 14.9 Å². The van der Waals surface area contributed by atoms with E-state index in [1.54, 1.807) is 0 Å². The van der Waals surface area contributed by atoms with Gasteiger partial charge in [0.1, 0.15) is 17.9 Å². The molecule has 0 spiro atoms. The van der Waals surface area contributed by atoms with Crippen molar-refractivity contribution in [2.45, 2.75) is 6.67 Å². The van der Waals surface area contributed by atoms with Crippen molar-refractivity contribution in [3.05, 3.63) is 43.0 Å². The van der Waals surface area contributed by atoms with Gasteiger partial charge in [-0.05, 0) is 12.1 Å². The molecule has 3 rings (SSSR count). The first-order chi connectivity index (χ1) is 7.83. The summed E-state index contributed by atoms with van der Waals surface area (Å²) in [5.41, 5.74) is 1.98. The topological polar surface area (TPSA) is 39.5 Å². The smallest absolute Gasteiger partial charge is 0.239 e. The summed E-state index contributed by atoms with van der Waals surface area (Å²) >= 11 is 0. The Morgan fingerprint density at radius 2 is 2.19 bits per heavy atom. The van der Waals surface area contributed by atoms with Gasteiger partial charge in [-0.1, -0.05) is 17.3 Å². The molecular formula is C11H12N5+. The lowest BCUT2D eigenvalue weighted by molar-refractivity contribution is -0.671. The number of hydrogen-bond donors (Lipinski definition) is 0. The summed E-state index contributed by atoms with van der Waals surface area (Å²) in [7, 11) is 2.00. The first-order valence-corrected chi connectivity index (χ1v) is 5.12. The highest BCUT2D eigenvalue weighted by Crippen LogP contribution is 2.09. The SMILES string of the molecule is C[n+]1ccn(Cn2nnc3ccccc32)c1. The molecule has 1 aromatic carbocycles. The van der Waals surface area contributed by atoms with Crippen LogP contribution in [0.1, 0.15) is 0 Å². The summed E-state index contributed by atoms with van der Waals surface area (Å²) in [6, 6.07) is 7.96. The number of aromatic nitrogens is 5. The van der Waals surface area contributed by atoms with Gasteiger partial charge in [0.2, 0.25) is 6.33 Å². The lowest BCUT2D eigenvalue weighted by atomic mass is 10.3. The van der Waals surface area contributed by atoms with Crippen molar-refractivity contribution >= 4 is 11.0 Å². The maximum atomic E-state index is 4.14. The molecule has 2 heterocycles. The van der Waals surface area contributed by atoms with E-state index in [1.807, 2.05) is 59.3 Å². The number of nitrogens with zero attached hydrogens (tertiary/aromatic N) is 5. The Labute approximate surface area is 92.5 Å². The molecular weight excluding hydrogens is 202 g/mol. The number of imidazole rings is 1. The van der Waals surface area contributed by atoms with Gasteiger partial charge in [0.25, 0.3) is 0 Å². The molecule has 16 heavy (non-hydrogen) atoms. The first kappa shape index (κ1) is 9.08. The highest BCUT2D eigenvalue weighted by molar-refractivity contribution is 5.73. The molecule has 5 heteroatoms. The number of hydrogen-bond acceptors (Lipinski definition) is 2. The molecule has 5 nitrogen and oxygen atoms in total. The van der Waals surface area contributed by atoms with Crippen molar-refractivity contribution in [2.75, 3.05) is 0 Å². The van der Waals surface area contributed by atoms with Crippen molar-refractivity contribution in [3.63, 3.8) is 0 Å². The summed E-state index contributed by atoms with van der Waals surface area (Å²) < 4.78 is 5.94. The van der Waals surface area contributed by atoms with Crippen molar-refractivity contribution in [3.8, 4) is 0 Å². The van der Waals surface area contributed by atoms with Crippen LogP contribution in [0.15, 0.2) is 43.0 Å². The largest absolute Gasteiger partial charge is 0.245 e. The maximum Gasteiger partial charge on any atom is 0.245 e. The molecule has 0 N–H and O–H groups in total.